The quantitative estimate of drug-likeness (QED) is 0.624. The highest BCUT2D eigenvalue weighted by molar-refractivity contribution is 5.42. The summed E-state index contributed by atoms with van der Waals surface area (Å²) in [5.74, 6) is 1.28. The Labute approximate surface area is 149 Å². The zero-order valence-corrected chi connectivity index (χ0v) is 15.0. The molecule has 3 aromatic heterocycles. The van der Waals surface area contributed by atoms with Gasteiger partial charge in [-0.1, -0.05) is 6.92 Å². The number of nitrogens with zero attached hydrogens (tertiary/aromatic N) is 5. The minimum atomic E-state index is -0.346. The van der Waals surface area contributed by atoms with Gasteiger partial charge in [0, 0.05) is 32.4 Å². The van der Waals surface area contributed by atoms with Gasteiger partial charge in [0.1, 0.15) is 0 Å². The van der Waals surface area contributed by atoms with E-state index in [9.17, 15) is 9.59 Å². The van der Waals surface area contributed by atoms with Crippen LogP contribution in [0.4, 0.5) is 0 Å². The molecule has 3 heterocycles. The third-order valence-corrected chi connectivity index (χ3v) is 4.11. The van der Waals surface area contributed by atoms with Crippen molar-refractivity contribution in [3.05, 3.63) is 56.9 Å². The second-order valence-electron chi connectivity index (χ2n) is 6.06. The van der Waals surface area contributed by atoms with Crippen molar-refractivity contribution in [3.63, 3.8) is 0 Å². The van der Waals surface area contributed by atoms with Crippen molar-refractivity contribution in [2.24, 2.45) is 14.1 Å². The highest BCUT2D eigenvalue weighted by Gasteiger charge is 2.16. The molecule has 138 valence electrons. The van der Waals surface area contributed by atoms with Gasteiger partial charge in [0.15, 0.2) is 5.76 Å². The fourth-order valence-corrected chi connectivity index (χ4v) is 2.70. The molecule has 3 rings (SSSR count). The van der Waals surface area contributed by atoms with E-state index in [1.807, 2.05) is 4.90 Å². The number of rotatable bonds is 7. The summed E-state index contributed by atoms with van der Waals surface area (Å²) < 4.78 is 13.5. The van der Waals surface area contributed by atoms with Crippen LogP contribution in [0.5, 0.6) is 0 Å². The van der Waals surface area contributed by atoms with Crippen LogP contribution in [0.25, 0.3) is 11.7 Å². The topological polar surface area (TPSA) is 99.3 Å². The molecule has 0 amide bonds. The standard InChI is InChI=1S/C17H21N5O4/c1-4-7-22(10-12-9-15(23)21(3)17(24)20(12)2)11-14-18-19-16(26-14)13-6-5-8-25-13/h5-6,8-9H,4,7,10-11H2,1-3H3. The molecule has 0 saturated heterocycles. The predicted octanol–water partition coefficient (Wildman–Crippen LogP) is 1.14. The van der Waals surface area contributed by atoms with E-state index in [2.05, 4.69) is 17.1 Å². The molecule has 0 N–H and O–H groups in total. The summed E-state index contributed by atoms with van der Waals surface area (Å²) in [5.41, 5.74) is -0.0309. The van der Waals surface area contributed by atoms with Crippen LogP contribution in [0, 0.1) is 0 Å². The zero-order valence-electron chi connectivity index (χ0n) is 15.0. The minimum Gasteiger partial charge on any atom is -0.459 e. The average molecular weight is 359 g/mol. The summed E-state index contributed by atoms with van der Waals surface area (Å²) >= 11 is 0. The van der Waals surface area contributed by atoms with Crippen molar-refractivity contribution in [1.29, 1.82) is 0 Å². The average Bonchev–Trinajstić information content (AvgIpc) is 3.29. The lowest BCUT2D eigenvalue weighted by molar-refractivity contribution is 0.225. The smallest absolute Gasteiger partial charge is 0.330 e. The second-order valence-corrected chi connectivity index (χ2v) is 6.06. The van der Waals surface area contributed by atoms with E-state index in [1.54, 1.807) is 25.4 Å². The van der Waals surface area contributed by atoms with Gasteiger partial charge in [-0.15, -0.1) is 10.2 Å². The first-order valence-corrected chi connectivity index (χ1v) is 8.34. The fraction of sp³-hybridized carbons (Fsp3) is 0.412. The Morgan fingerprint density at radius 1 is 1.15 bits per heavy atom. The maximum atomic E-state index is 12.1. The second kappa shape index (κ2) is 7.52. The Morgan fingerprint density at radius 3 is 2.65 bits per heavy atom. The van der Waals surface area contributed by atoms with Gasteiger partial charge in [-0.25, -0.2) is 4.79 Å². The van der Waals surface area contributed by atoms with E-state index in [4.69, 9.17) is 8.83 Å². The van der Waals surface area contributed by atoms with Gasteiger partial charge in [-0.05, 0) is 25.1 Å². The van der Waals surface area contributed by atoms with Crippen molar-refractivity contribution < 1.29 is 8.83 Å². The number of furan rings is 1. The number of hydrogen-bond acceptors (Lipinski definition) is 7. The van der Waals surface area contributed by atoms with Crippen molar-refractivity contribution in [2.45, 2.75) is 26.4 Å². The largest absolute Gasteiger partial charge is 0.459 e. The molecule has 0 aliphatic heterocycles. The normalized spacial score (nSPS) is 11.4. The van der Waals surface area contributed by atoms with Crippen molar-refractivity contribution >= 4 is 0 Å². The van der Waals surface area contributed by atoms with Crippen LogP contribution in [-0.4, -0.2) is 30.8 Å². The van der Waals surface area contributed by atoms with Gasteiger partial charge in [0.25, 0.3) is 11.4 Å². The maximum absolute atomic E-state index is 12.1. The Bertz CT molecular complexity index is 983. The van der Waals surface area contributed by atoms with Crippen LogP contribution >= 0.6 is 0 Å². The molecule has 0 aromatic carbocycles. The van der Waals surface area contributed by atoms with E-state index in [1.165, 1.54) is 17.7 Å². The lowest BCUT2D eigenvalue weighted by Gasteiger charge is -2.21. The summed E-state index contributed by atoms with van der Waals surface area (Å²) in [6, 6.07) is 4.97. The van der Waals surface area contributed by atoms with Crippen LogP contribution in [-0.2, 0) is 27.2 Å². The number of aromatic nitrogens is 4. The minimum absolute atomic E-state index is 0.322. The molecule has 26 heavy (non-hydrogen) atoms. The Hall–Kier alpha value is -2.94. The lowest BCUT2D eigenvalue weighted by atomic mass is 10.3. The molecule has 0 saturated carbocycles. The van der Waals surface area contributed by atoms with E-state index in [-0.39, 0.29) is 11.2 Å². The number of hydrogen-bond donors (Lipinski definition) is 0. The molecule has 0 spiro atoms. The van der Waals surface area contributed by atoms with Gasteiger partial charge < -0.3 is 8.83 Å². The summed E-state index contributed by atoms with van der Waals surface area (Å²) in [5, 5.41) is 8.05. The van der Waals surface area contributed by atoms with Crippen molar-refractivity contribution in [3.8, 4) is 11.7 Å². The summed E-state index contributed by atoms with van der Waals surface area (Å²) in [7, 11) is 3.12. The Morgan fingerprint density at radius 2 is 1.96 bits per heavy atom. The Balaban J connectivity index is 1.80. The molecule has 0 bridgehead atoms. The zero-order chi connectivity index (χ0) is 18.7. The molecule has 9 heteroatoms. The van der Waals surface area contributed by atoms with Gasteiger partial charge in [-0.2, -0.15) is 0 Å². The van der Waals surface area contributed by atoms with Gasteiger partial charge in [0.05, 0.1) is 12.8 Å². The van der Waals surface area contributed by atoms with Crippen molar-refractivity contribution in [1.82, 2.24) is 24.2 Å². The molecule has 0 aliphatic carbocycles. The van der Waals surface area contributed by atoms with Crippen LogP contribution in [0.3, 0.4) is 0 Å². The third kappa shape index (κ3) is 3.67. The maximum Gasteiger partial charge on any atom is 0.330 e. The molecular formula is C17H21N5O4. The van der Waals surface area contributed by atoms with Gasteiger partial charge in [-0.3, -0.25) is 18.8 Å². The predicted molar refractivity (Wildman–Crippen MR) is 93.3 cm³/mol. The third-order valence-electron chi connectivity index (χ3n) is 4.11. The van der Waals surface area contributed by atoms with Crippen molar-refractivity contribution in [2.75, 3.05) is 6.54 Å². The van der Waals surface area contributed by atoms with Crippen LogP contribution < -0.4 is 11.2 Å². The van der Waals surface area contributed by atoms with E-state index in [0.717, 1.165) is 17.5 Å². The summed E-state index contributed by atoms with van der Waals surface area (Å²) in [4.78, 5) is 26.1. The van der Waals surface area contributed by atoms with Crippen LogP contribution in [0.2, 0.25) is 0 Å². The molecule has 3 aromatic rings. The molecule has 0 atom stereocenters. The first-order valence-electron chi connectivity index (χ1n) is 8.34. The van der Waals surface area contributed by atoms with Crippen LogP contribution in [0.1, 0.15) is 24.9 Å². The monoisotopic (exact) mass is 359 g/mol. The molecule has 0 unspecified atom stereocenters. The van der Waals surface area contributed by atoms with Gasteiger partial charge >= 0.3 is 5.69 Å². The van der Waals surface area contributed by atoms with E-state index in [0.29, 0.717) is 36.3 Å². The lowest BCUT2D eigenvalue weighted by Crippen LogP contribution is -2.39. The van der Waals surface area contributed by atoms with Crippen LogP contribution in [0.15, 0.2) is 42.9 Å². The highest BCUT2D eigenvalue weighted by atomic mass is 16.4. The van der Waals surface area contributed by atoms with E-state index < -0.39 is 0 Å². The molecule has 0 radical (unpaired) electrons. The Kier molecular flexibility index (Phi) is 5.17. The molecule has 9 nitrogen and oxygen atoms in total. The molecule has 0 aliphatic rings. The SMILES string of the molecule is CCCN(Cc1nnc(-c2ccco2)o1)Cc1cc(=O)n(C)c(=O)n1C. The fourth-order valence-electron chi connectivity index (χ4n) is 2.70. The first kappa shape index (κ1) is 17.9. The molecule has 0 fully saturated rings. The first-order chi connectivity index (χ1) is 12.5. The summed E-state index contributed by atoms with van der Waals surface area (Å²) in [6.07, 6.45) is 2.44. The van der Waals surface area contributed by atoms with E-state index >= 15 is 0 Å². The highest BCUT2D eigenvalue weighted by Crippen LogP contribution is 2.18. The molecular weight excluding hydrogens is 338 g/mol. The van der Waals surface area contributed by atoms with Gasteiger partial charge in [0.2, 0.25) is 5.89 Å². The summed E-state index contributed by atoms with van der Waals surface area (Å²) in [6.45, 7) is 3.64.